The van der Waals surface area contributed by atoms with Crippen molar-refractivity contribution in [2.24, 2.45) is 5.10 Å². The summed E-state index contributed by atoms with van der Waals surface area (Å²) >= 11 is 16.2. The van der Waals surface area contributed by atoms with Gasteiger partial charge in [0, 0.05) is 40.7 Å². The molecule has 0 saturated carbocycles. The van der Waals surface area contributed by atoms with Gasteiger partial charge in [0.2, 0.25) is 0 Å². The Balaban J connectivity index is 1.20. The molecule has 0 aliphatic carbocycles. The van der Waals surface area contributed by atoms with Crippen molar-refractivity contribution in [1.82, 2.24) is 9.99 Å². The SMILES string of the molecule is O=C(COc1ccc(C2SCCS2)cc1)N/N=C\c1cn(Cc2ccc(Cl)c(Cl)c2)c2ccccc12. The second kappa shape index (κ2) is 11.6. The molecule has 5 rings (SSSR count). The van der Waals surface area contributed by atoms with Crippen molar-refractivity contribution in [3.8, 4) is 5.75 Å². The van der Waals surface area contributed by atoms with Gasteiger partial charge in [-0.15, -0.1) is 23.5 Å². The number of hydrazone groups is 1. The largest absolute Gasteiger partial charge is 0.484 e. The molecule has 0 spiro atoms. The van der Waals surface area contributed by atoms with Crippen molar-refractivity contribution in [2.45, 2.75) is 11.1 Å². The van der Waals surface area contributed by atoms with Crippen LogP contribution in [0.3, 0.4) is 0 Å². The lowest BCUT2D eigenvalue weighted by Gasteiger charge is -2.10. The van der Waals surface area contributed by atoms with Crippen LogP contribution in [0, 0.1) is 0 Å². The number of halogens is 2. The van der Waals surface area contributed by atoms with Gasteiger partial charge >= 0.3 is 0 Å². The molecule has 2 heterocycles. The summed E-state index contributed by atoms with van der Waals surface area (Å²) in [6.45, 7) is 0.519. The first kappa shape index (κ1) is 25.1. The minimum Gasteiger partial charge on any atom is -0.484 e. The van der Waals surface area contributed by atoms with Gasteiger partial charge in [0.15, 0.2) is 6.61 Å². The van der Waals surface area contributed by atoms with Crippen LogP contribution in [0.1, 0.15) is 21.3 Å². The summed E-state index contributed by atoms with van der Waals surface area (Å²) < 4.78 is 8.23. The maximum atomic E-state index is 12.3. The normalized spacial score (nSPS) is 14.1. The van der Waals surface area contributed by atoms with Crippen molar-refractivity contribution in [3.05, 3.63) is 99.7 Å². The van der Waals surface area contributed by atoms with Crippen LogP contribution in [-0.4, -0.2) is 34.8 Å². The van der Waals surface area contributed by atoms with E-state index in [9.17, 15) is 4.79 Å². The summed E-state index contributed by atoms with van der Waals surface area (Å²) in [6, 6.07) is 21.6. The second-order valence-corrected chi connectivity index (χ2v) is 11.7. The number of carbonyl (C=O) groups excluding carboxylic acids is 1. The van der Waals surface area contributed by atoms with Gasteiger partial charge in [-0.05, 0) is 41.5 Å². The molecule has 36 heavy (non-hydrogen) atoms. The topological polar surface area (TPSA) is 55.6 Å². The fourth-order valence-electron chi connectivity index (χ4n) is 3.97. The molecular weight excluding hydrogens is 533 g/mol. The first-order chi connectivity index (χ1) is 17.6. The van der Waals surface area contributed by atoms with Crippen LogP contribution in [0.5, 0.6) is 5.75 Å². The van der Waals surface area contributed by atoms with Crippen molar-refractivity contribution >= 4 is 69.8 Å². The van der Waals surface area contributed by atoms with E-state index in [-0.39, 0.29) is 12.5 Å². The van der Waals surface area contributed by atoms with Crippen LogP contribution < -0.4 is 10.2 Å². The molecule has 1 aliphatic heterocycles. The Labute approximate surface area is 228 Å². The summed E-state index contributed by atoms with van der Waals surface area (Å²) in [5.74, 6) is 2.71. The summed E-state index contributed by atoms with van der Waals surface area (Å²) in [7, 11) is 0. The number of hydrogen-bond acceptors (Lipinski definition) is 5. The third-order valence-electron chi connectivity index (χ3n) is 5.69. The van der Waals surface area contributed by atoms with Crippen molar-refractivity contribution in [1.29, 1.82) is 0 Å². The zero-order valence-corrected chi connectivity index (χ0v) is 22.3. The second-order valence-electron chi connectivity index (χ2n) is 8.20. The average molecular weight is 557 g/mol. The number of hydrogen-bond donors (Lipinski definition) is 1. The third kappa shape index (κ3) is 6.03. The highest BCUT2D eigenvalue weighted by atomic mass is 35.5. The van der Waals surface area contributed by atoms with Gasteiger partial charge in [-0.25, -0.2) is 5.43 Å². The zero-order chi connectivity index (χ0) is 24.9. The number of nitrogens with one attached hydrogen (secondary N) is 1. The van der Waals surface area contributed by atoms with E-state index < -0.39 is 0 Å². The van der Waals surface area contributed by atoms with Crippen LogP contribution >= 0.6 is 46.7 Å². The molecule has 0 radical (unpaired) electrons. The zero-order valence-electron chi connectivity index (χ0n) is 19.2. The lowest BCUT2D eigenvalue weighted by Crippen LogP contribution is -2.24. The van der Waals surface area contributed by atoms with Crippen LogP contribution in [0.25, 0.3) is 10.9 Å². The first-order valence-electron chi connectivity index (χ1n) is 11.4. The standard InChI is InChI=1S/C27H23Cl2N3O2S2/c28-23-10-5-18(13-24(23)29)15-32-16-20(22-3-1-2-4-25(22)32)14-30-31-26(33)17-34-21-8-6-19(7-9-21)27-35-11-12-36-27/h1-10,13-14,16,27H,11-12,15,17H2,(H,31,33)/b30-14-. The molecule has 0 atom stereocenters. The fraction of sp³-hybridized carbons (Fsp3) is 0.185. The van der Waals surface area contributed by atoms with E-state index in [1.165, 1.54) is 17.1 Å². The number of nitrogens with zero attached hydrogens (tertiary/aromatic N) is 2. The molecule has 5 nitrogen and oxygen atoms in total. The van der Waals surface area contributed by atoms with Crippen molar-refractivity contribution < 1.29 is 9.53 Å². The molecule has 1 fully saturated rings. The number of amides is 1. The van der Waals surface area contributed by atoms with E-state index in [0.29, 0.717) is 26.9 Å². The van der Waals surface area contributed by atoms with E-state index in [0.717, 1.165) is 22.0 Å². The number of para-hydroxylation sites is 1. The molecule has 184 valence electrons. The van der Waals surface area contributed by atoms with Crippen LogP contribution in [0.15, 0.2) is 78.0 Å². The van der Waals surface area contributed by atoms with Gasteiger partial charge in [0.1, 0.15) is 5.75 Å². The Morgan fingerprint density at radius 2 is 1.83 bits per heavy atom. The average Bonchev–Trinajstić information content (AvgIpc) is 3.55. The number of ether oxygens (including phenoxy) is 1. The number of thioether (sulfide) groups is 2. The maximum absolute atomic E-state index is 12.3. The molecular formula is C27H23Cl2N3O2S2. The third-order valence-corrected chi connectivity index (χ3v) is 9.54. The number of benzene rings is 3. The lowest BCUT2D eigenvalue weighted by atomic mass is 10.2. The summed E-state index contributed by atoms with van der Waals surface area (Å²) in [5.41, 5.74) is 6.81. The Hall–Kier alpha value is -2.58. The molecule has 0 bridgehead atoms. The number of fused-ring (bicyclic) bond motifs is 1. The highest BCUT2D eigenvalue weighted by Gasteiger charge is 2.18. The fourth-order valence-corrected chi connectivity index (χ4v) is 7.15. The first-order valence-corrected chi connectivity index (χ1v) is 14.2. The van der Waals surface area contributed by atoms with Gasteiger partial charge in [-0.3, -0.25) is 4.79 Å². The van der Waals surface area contributed by atoms with Crippen LogP contribution in [0.2, 0.25) is 10.0 Å². The Morgan fingerprint density at radius 3 is 2.61 bits per heavy atom. The van der Waals surface area contributed by atoms with E-state index in [4.69, 9.17) is 27.9 Å². The molecule has 1 N–H and O–H groups in total. The van der Waals surface area contributed by atoms with Gasteiger partial charge in [-0.2, -0.15) is 5.10 Å². The predicted octanol–water partition coefficient (Wildman–Crippen LogP) is 7.00. The van der Waals surface area contributed by atoms with Gasteiger partial charge in [0.25, 0.3) is 5.91 Å². The minimum atomic E-state index is -0.322. The highest BCUT2D eigenvalue weighted by molar-refractivity contribution is 8.19. The molecule has 4 aromatic rings. The van der Waals surface area contributed by atoms with E-state index in [1.54, 1.807) is 12.3 Å². The maximum Gasteiger partial charge on any atom is 0.277 e. The molecule has 9 heteroatoms. The predicted molar refractivity (Wildman–Crippen MR) is 153 cm³/mol. The molecule has 3 aromatic carbocycles. The van der Waals surface area contributed by atoms with Crippen LogP contribution in [-0.2, 0) is 11.3 Å². The lowest BCUT2D eigenvalue weighted by molar-refractivity contribution is -0.123. The van der Waals surface area contributed by atoms with Gasteiger partial charge in [-0.1, -0.05) is 59.6 Å². The molecule has 1 aliphatic rings. The monoisotopic (exact) mass is 555 g/mol. The van der Waals surface area contributed by atoms with Crippen LogP contribution in [0.4, 0.5) is 0 Å². The van der Waals surface area contributed by atoms with Crippen molar-refractivity contribution in [2.75, 3.05) is 18.1 Å². The molecule has 1 aromatic heterocycles. The Bertz CT molecular complexity index is 1400. The highest BCUT2D eigenvalue weighted by Crippen LogP contribution is 2.45. The molecule has 0 unspecified atom stereocenters. The van der Waals surface area contributed by atoms with Gasteiger partial charge in [0.05, 0.1) is 20.8 Å². The van der Waals surface area contributed by atoms with E-state index in [2.05, 4.69) is 27.2 Å². The van der Waals surface area contributed by atoms with Crippen molar-refractivity contribution in [3.63, 3.8) is 0 Å². The van der Waals surface area contributed by atoms with Gasteiger partial charge < -0.3 is 9.30 Å². The molecule has 1 saturated heterocycles. The Morgan fingerprint density at radius 1 is 1.06 bits per heavy atom. The summed E-state index contributed by atoms with van der Waals surface area (Å²) in [6.07, 6.45) is 3.65. The quantitative estimate of drug-likeness (QED) is 0.188. The number of carbonyl (C=O) groups is 1. The smallest absolute Gasteiger partial charge is 0.277 e. The van der Waals surface area contributed by atoms with E-state index >= 15 is 0 Å². The number of rotatable bonds is 8. The molecule has 1 amide bonds. The summed E-state index contributed by atoms with van der Waals surface area (Å²) in [4.78, 5) is 12.3. The summed E-state index contributed by atoms with van der Waals surface area (Å²) in [5, 5.41) is 6.25. The Kier molecular flexibility index (Phi) is 8.12. The van der Waals surface area contributed by atoms with E-state index in [1.807, 2.05) is 78.3 Å². The number of aromatic nitrogens is 1. The minimum absolute atomic E-state index is 0.108.